The normalized spacial score (nSPS) is 14.8. The number of unbranched alkanes of at least 4 members (excludes halogenated alkanes) is 3. The number of anilines is 1. The highest BCUT2D eigenvalue weighted by atomic mass is 35.5. The molecule has 1 atom stereocenters. The first-order chi connectivity index (χ1) is 17.5. The Hall–Kier alpha value is -2.97. The average Bonchev–Trinajstić information content (AvgIpc) is 3.29. The molecule has 0 fully saturated rings. The van der Waals surface area contributed by atoms with Crippen molar-refractivity contribution in [2.75, 3.05) is 19.0 Å². The van der Waals surface area contributed by atoms with Crippen molar-refractivity contribution in [2.24, 2.45) is 0 Å². The number of fused-ring (bicyclic) bond motifs is 1. The molecule has 2 heterocycles. The number of thioether (sulfide) groups is 1. The second-order valence-electron chi connectivity index (χ2n) is 8.58. The van der Waals surface area contributed by atoms with E-state index in [-0.39, 0.29) is 0 Å². The average molecular weight is 527 g/mol. The Bertz CT molecular complexity index is 1230. The number of hydrogen-bond acceptors (Lipinski definition) is 7. The van der Waals surface area contributed by atoms with E-state index in [4.69, 9.17) is 26.2 Å². The predicted octanol–water partition coefficient (Wildman–Crippen LogP) is 6.64. The molecule has 1 aliphatic rings. The quantitative estimate of drug-likeness (QED) is 0.170. The first-order valence-corrected chi connectivity index (χ1v) is 13.5. The van der Waals surface area contributed by atoms with Crippen LogP contribution in [0.3, 0.4) is 0 Å². The van der Waals surface area contributed by atoms with Gasteiger partial charge in [-0.3, -0.25) is 0 Å². The summed E-state index contributed by atoms with van der Waals surface area (Å²) in [7, 11) is 1.39. The van der Waals surface area contributed by atoms with E-state index in [9.17, 15) is 4.79 Å². The van der Waals surface area contributed by atoms with Crippen LogP contribution in [0.25, 0.3) is 0 Å². The number of esters is 1. The van der Waals surface area contributed by atoms with Crippen LogP contribution < -0.4 is 10.1 Å². The van der Waals surface area contributed by atoms with Crippen molar-refractivity contribution in [3.63, 3.8) is 0 Å². The van der Waals surface area contributed by atoms with E-state index in [2.05, 4.69) is 17.2 Å². The van der Waals surface area contributed by atoms with Crippen LogP contribution in [-0.4, -0.2) is 34.5 Å². The highest BCUT2D eigenvalue weighted by Crippen LogP contribution is 2.37. The van der Waals surface area contributed by atoms with Gasteiger partial charge in [-0.15, -0.1) is 5.10 Å². The summed E-state index contributed by atoms with van der Waals surface area (Å²) >= 11 is 7.80. The van der Waals surface area contributed by atoms with Crippen LogP contribution in [0.5, 0.6) is 5.75 Å². The van der Waals surface area contributed by atoms with Crippen molar-refractivity contribution in [3.8, 4) is 5.75 Å². The third-order valence-electron chi connectivity index (χ3n) is 6.02. The zero-order chi connectivity index (χ0) is 25.5. The Labute approximate surface area is 221 Å². The lowest BCUT2D eigenvalue weighted by Gasteiger charge is -2.27. The molecule has 0 saturated carbocycles. The number of carbonyl (C=O) groups excluding carboxylic acids is 1. The maximum absolute atomic E-state index is 12.8. The number of rotatable bonds is 11. The van der Waals surface area contributed by atoms with Crippen molar-refractivity contribution in [1.82, 2.24) is 14.8 Å². The number of carbonyl (C=O) groups is 1. The molecular weight excluding hydrogens is 496 g/mol. The van der Waals surface area contributed by atoms with Gasteiger partial charge in [-0.05, 0) is 42.7 Å². The monoisotopic (exact) mass is 526 g/mol. The molecule has 1 unspecified atom stereocenters. The Kier molecular flexibility index (Phi) is 8.93. The molecule has 36 heavy (non-hydrogen) atoms. The fourth-order valence-electron chi connectivity index (χ4n) is 4.10. The number of ether oxygens (including phenoxy) is 2. The second kappa shape index (κ2) is 12.3. The molecule has 190 valence electrons. The van der Waals surface area contributed by atoms with Crippen molar-refractivity contribution >= 4 is 35.3 Å². The Morgan fingerprint density at radius 3 is 2.64 bits per heavy atom. The number of halogens is 1. The topological polar surface area (TPSA) is 78.3 Å². The van der Waals surface area contributed by atoms with Crippen LogP contribution in [0.2, 0.25) is 5.02 Å². The SMILES string of the molecule is CCCCCCOc1ccc(C2C(C(=O)OC)=C(C)Nc3nc(SCc4ccccc4Cl)nn32)cc1. The number of allylic oxidation sites excluding steroid dienone is 1. The van der Waals surface area contributed by atoms with Crippen molar-refractivity contribution < 1.29 is 14.3 Å². The van der Waals surface area contributed by atoms with Gasteiger partial charge in [-0.1, -0.05) is 79.9 Å². The molecule has 9 heteroatoms. The summed E-state index contributed by atoms with van der Waals surface area (Å²) in [6.07, 6.45) is 4.63. The molecule has 0 amide bonds. The summed E-state index contributed by atoms with van der Waals surface area (Å²) in [6, 6.07) is 15.1. The van der Waals surface area contributed by atoms with Gasteiger partial charge in [0.25, 0.3) is 0 Å². The summed E-state index contributed by atoms with van der Waals surface area (Å²) in [5, 5.41) is 9.26. The largest absolute Gasteiger partial charge is 0.494 e. The molecule has 3 aromatic rings. The molecule has 7 nitrogen and oxygen atoms in total. The number of hydrogen-bond donors (Lipinski definition) is 1. The van der Waals surface area contributed by atoms with Gasteiger partial charge in [0.1, 0.15) is 11.8 Å². The molecule has 2 aromatic carbocycles. The van der Waals surface area contributed by atoms with Gasteiger partial charge in [0.15, 0.2) is 0 Å². The molecule has 0 saturated heterocycles. The van der Waals surface area contributed by atoms with Crippen molar-refractivity contribution in [3.05, 3.63) is 76.0 Å². The third kappa shape index (κ3) is 6.05. The minimum Gasteiger partial charge on any atom is -0.494 e. The van der Waals surface area contributed by atoms with Crippen LogP contribution in [0.1, 0.15) is 56.7 Å². The highest BCUT2D eigenvalue weighted by molar-refractivity contribution is 7.98. The van der Waals surface area contributed by atoms with Crippen molar-refractivity contribution in [2.45, 2.75) is 56.5 Å². The van der Waals surface area contributed by atoms with Gasteiger partial charge in [-0.25, -0.2) is 9.48 Å². The lowest BCUT2D eigenvalue weighted by atomic mass is 9.96. The Balaban J connectivity index is 1.57. The second-order valence-corrected chi connectivity index (χ2v) is 9.93. The van der Waals surface area contributed by atoms with Crippen LogP contribution in [0.4, 0.5) is 5.95 Å². The molecular formula is C27H31ClN4O3S. The van der Waals surface area contributed by atoms with Crippen LogP contribution in [0, 0.1) is 0 Å². The molecule has 0 aliphatic carbocycles. The number of nitrogens with zero attached hydrogens (tertiary/aromatic N) is 3. The lowest BCUT2D eigenvalue weighted by Crippen LogP contribution is -2.29. The third-order valence-corrected chi connectivity index (χ3v) is 7.27. The predicted molar refractivity (Wildman–Crippen MR) is 144 cm³/mol. The fourth-order valence-corrected chi connectivity index (χ4v) is 5.21. The maximum Gasteiger partial charge on any atom is 0.338 e. The maximum atomic E-state index is 12.8. The molecule has 0 spiro atoms. The van der Waals surface area contributed by atoms with Gasteiger partial charge in [0.2, 0.25) is 11.1 Å². The number of nitrogens with one attached hydrogen (secondary N) is 1. The van der Waals surface area contributed by atoms with E-state index in [1.165, 1.54) is 38.1 Å². The summed E-state index contributed by atoms with van der Waals surface area (Å²) in [5.74, 6) is 1.60. The lowest BCUT2D eigenvalue weighted by molar-refractivity contribution is -0.136. The van der Waals surface area contributed by atoms with Gasteiger partial charge in [-0.2, -0.15) is 4.98 Å². The first-order valence-electron chi connectivity index (χ1n) is 12.1. The number of methoxy groups -OCH3 is 1. The Morgan fingerprint density at radius 2 is 1.92 bits per heavy atom. The van der Waals surface area contributed by atoms with Gasteiger partial charge in [0, 0.05) is 16.5 Å². The van der Waals surface area contributed by atoms with Gasteiger partial charge in [0.05, 0.1) is 19.3 Å². The smallest absolute Gasteiger partial charge is 0.338 e. The van der Waals surface area contributed by atoms with E-state index in [0.717, 1.165) is 23.3 Å². The Morgan fingerprint density at radius 1 is 1.14 bits per heavy atom. The fraction of sp³-hybridized carbons (Fsp3) is 0.370. The summed E-state index contributed by atoms with van der Waals surface area (Å²) in [4.78, 5) is 17.5. The standard InChI is InChI=1S/C27H31ClN4O3S/c1-4-5-6-9-16-35-21-14-12-19(13-15-21)24-23(25(33)34-3)18(2)29-26-30-27(31-32(24)26)36-17-20-10-7-8-11-22(20)28/h7-8,10-15,24H,4-6,9,16-17H2,1-3H3,(H,29,30,31). The molecule has 1 aliphatic heterocycles. The van der Waals surface area contributed by atoms with E-state index >= 15 is 0 Å². The minimum atomic E-state index is -0.477. The number of aromatic nitrogens is 3. The molecule has 0 radical (unpaired) electrons. The van der Waals surface area contributed by atoms with E-state index in [1.54, 1.807) is 4.68 Å². The van der Waals surface area contributed by atoms with E-state index in [1.807, 2.05) is 55.5 Å². The summed E-state index contributed by atoms with van der Waals surface area (Å²) in [5.41, 5.74) is 3.08. The molecule has 1 aromatic heterocycles. The zero-order valence-electron chi connectivity index (χ0n) is 20.8. The van der Waals surface area contributed by atoms with Crippen LogP contribution in [0.15, 0.2) is 65.0 Å². The van der Waals surface area contributed by atoms with E-state index in [0.29, 0.717) is 39.8 Å². The zero-order valence-corrected chi connectivity index (χ0v) is 22.4. The first kappa shape index (κ1) is 26.1. The number of benzene rings is 2. The van der Waals surface area contributed by atoms with Crippen molar-refractivity contribution in [1.29, 1.82) is 0 Å². The minimum absolute atomic E-state index is 0.410. The van der Waals surface area contributed by atoms with Gasteiger partial charge >= 0.3 is 5.97 Å². The van der Waals surface area contributed by atoms with Gasteiger partial charge < -0.3 is 14.8 Å². The van der Waals surface area contributed by atoms with Crippen LogP contribution >= 0.6 is 23.4 Å². The molecule has 0 bridgehead atoms. The van der Waals surface area contributed by atoms with E-state index < -0.39 is 12.0 Å². The molecule has 4 rings (SSSR count). The molecule has 1 N–H and O–H groups in total. The summed E-state index contributed by atoms with van der Waals surface area (Å²) in [6.45, 7) is 4.74. The summed E-state index contributed by atoms with van der Waals surface area (Å²) < 4.78 is 12.8. The highest BCUT2D eigenvalue weighted by Gasteiger charge is 2.35. The van der Waals surface area contributed by atoms with Crippen LogP contribution in [-0.2, 0) is 15.3 Å².